The Morgan fingerprint density at radius 2 is 1.55 bits per heavy atom. The summed E-state index contributed by atoms with van der Waals surface area (Å²) in [6.07, 6.45) is -3.16. The molecule has 170 valence electrons. The van der Waals surface area contributed by atoms with Crippen LogP contribution < -0.4 is 11.1 Å². The fraction of sp³-hybridized carbons (Fsp3) is 0.200. The van der Waals surface area contributed by atoms with Crippen molar-refractivity contribution in [1.82, 2.24) is 5.32 Å². The second kappa shape index (κ2) is 9.72. The fourth-order valence-electron chi connectivity index (χ4n) is 4.08. The van der Waals surface area contributed by atoms with E-state index in [9.17, 15) is 15.0 Å². The van der Waals surface area contributed by atoms with Gasteiger partial charge in [-0.25, -0.2) is 4.79 Å². The number of aliphatic hydroxyl groups is 2. The molecule has 1 amide bonds. The van der Waals surface area contributed by atoms with Gasteiger partial charge >= 0.3 is 6.09 Å². The molecule has 0 bridgehead atoms. The average molecular weight is 447 g/mol. The van der Waals surface area contributed by atoms with E-state index < -0.39 is 18.3 Å². The maximum absolute atomic E-state index is 12.3. The van der Waals surface area contributed by atoms with Crippen LogP contribution in [0.15, 0.2) is 78.0 Å². The Kier molecular flexibility index (Phi) is 6.58. The summed E-state index contributed by atoms with van der Waals surface area (Å²) in [5, 5.41) is 34.8. The molecule has 0 aliphatic heterocycles. The van der Waals surface area contributed by atoms with Gasteiger partial charge in [0.2, 0.25) is 0 Å². The van der Waals surface area contributed by atoms with Crippen molar-refractivity contribution >= 4 is 11.9 Å². The van der Waals surface area contributed by atoms with Crippen LogP contribution in [0.25, 0.3) is 11.1 Å². The number of fused-ring (bicyclic) bond motifs is 3. The second-order valence-corrected chi connectivity index (χ2v) is 7.83. The molecule has 0 aromatic heterocycles. The van der Waals surface area contributed by atoms with E-state index in [2.05, 4.69) is 22.6 Å². The number of nitrogens with one attached hydrogen (secondary N) is 1. The number of nitrogens with zero attached hydrogens (tertiary/aromatic N) is 1. The molecule has 1 aliphatic rings. The molecule has 1 aliphatic carbocycles. The summed E-state index contributed by atoms with van der Waals surface area (Å²) in [5.74, 6) is -0.124. The fourth-order valence-corrected chi connectivity index (χ4v) is 4.08. The molecule has 2 atom stereocenters. The van der Waals surface area contributed by atoms with Crippen molar-refractivity contribution in [2.45, 2.75) is 18.1 Å². The minimum atomic E-state index is -1.25. The minimum absolute atomic E-state index is 0.0616. The molecular weight excluding hydrogens is 422 g/mol. The van der Waals surface area contributed by atoms with E-state index in [1.54, 1.807) is 24.3 Å². The maximum Gasteiger partial charge on any atom is 0.407 e. The number of nitrogens with two attached hydrogens (primary N) is 1. The van der Waals surface area contributed by atoms with Crippen LogP contribution in [-0.2, 0) is 4.74 Å². The van der Waals surface area contributed by atoms with Crippen molar-refractivity contribution in [1.29, 1.82) is 0 Å². The van der Waals surface area contributed by atoms with E-state index in [4.69, 9.17) is 15.7 Å². The first-order chi connectivity index (χ1) is 16.0. The zero-order chi connectivity index (χ0) is 23.4. The summed E-state index contributed by atoms with van der Waals surface area (Å²) < 4.78 is 5.44. The number of alkyl carbamates (subject to hydrolysis) is 1. The molecule has 0 heterocycles. The molecule has 0 fully saturated rings. The first-order valence-electron chi connectivity index (χ1n) is 10.5. The highest BCUT2D eigenvalue weighted by atomic mass is 16.5. The lowest BCUT2D eigenvalue weighted by molar-refractivity contribution is 0.0185. The standard InChI is InChI=1S/C25H25N3O5/c26-24(28-32)16-11-9-15(10-12-16)23(30)22(29)13-27-25(31)33-14-21-19-7-3-1-5-17(19)18-6-2-4-8-20(18)21/h1-12,21-23,29-30,32H,13-14H2,(H2,26,28)(H,27,31). The van der Waals surface area contributed by atoms with Gasteiger partial charge in [0.1, 0.15) is 18.8 Å². The predicted molar refractivity (Wildman–Crippen MR) is 123 cm³/mol. The lowest BCUT2D eigenvalue weighted by Crippen LogP contribution is -2.36. The Bertz CT molecular complexity index is 1120. The zero-order valence-corrected chi connectivity index (χ0v) is 17.8. The highest BCUT2D eigenvalue weighted by Crippen LogP contribution is 2.44. The van der Waals surface area contributed by atoms with Gasteiger partial charge in [-0.2, -0.15) is 0 Å². The number of hydrogen-bond acceptors (Lipinski definition) is 6. The molecular formula is C25H25N3O5. The normalized spacial score (nSPS) is 14.8. The number of amides is 1. The summed E-state index contributed by atoms with van der Waals surface area (Å²) in [7, 11) is 0. The number of oxime groups is 1. The highest BCUT2D eigenvalue weighted by Gasteiger charge is 2.29. The number of benzene rings is 3. The molecule has 3 aromatic rings. The Morgan fingerprint density at radius 3 is 2.12 bits per heavy atom. The van der Waals surface area contributed by atoms with Crippen molar-refractivity contribution in [2.75, 3.05) is 13.2 Å². The van der Waals surface area contributed by atoms with Crippen LogP contribution in [0.2, 0.25) is 0 Å². The predicted octanol–water partition coefficient (Wildman–Crippen LogP) is 2.71. The number of hydrogen-bond donors (Lipinski definition) is 5. The van der Waals surface area contributed by atoms with Crippen molar-refractivity contribution < 1.29 is 25.0 Å². The van der Waals surface area contributed by atoms with E-state index in [0.717, 1.165) is 22.3 Å². The molecule has 8 heteroatoms. The molecule has 33 heavy (non-hydrogen) atoms. The Labute approximate surface area is 190 Å². The van der Waals surface area contributed by atoms with Crippen LogP contribution in [-0.4, -0.2) is 46.6 Å². The van der Waals surface area contributed by atoms with Gasteiger partial charge in [0, 0.05) is 18.0 Å². The molecule has 2 unspecified atom stereocenters. The number of aliphatic hydroxyl groups excluding tert-OH is 2. The van der Waals surface area contributed by atoms with Crippen LogP contribution in [0.5, 0.6) is 0 Å². The van der Waals surface area contributed by atoms with Crippen molar-refractivity contribution in [3.63, 3.8) is 0 Å². The van der Waals surface area contributed by atoms with Gasteiger partial charge < -0.3 is 31.2 Å². The van der Waals surface area contributed by atoms with Gasteiger partial charge in [-0.3, -0.25) is 0 Å². The quantitative estimate of drug-likeness (QED) is 0.163. The summed E-state index contributed by atoms with van der Waals surface area (Å²) in [6, 6.07) is 22.3. The largest absolute Gasteiger partial charge is 0.449 e. The lowest BCUT2D eigenvalue weighted by atomic mass is 9.98. The number of amidine groups is 1. The monoisotopic (exact) mass is 447 g/mol. The van der Waals surface area contributed by atoms with E-state index in [1.807, 2.05) is 36.4 Å². The van der Waals surface area contributed by atoms with Gasteiger partial charge in [-0.15, -0.1) is 0 Å². The Morgan fingerprint density at radius 1 is 0.970 bits per heavy atom. The number of rotatable bonds is 7. The SMILES string of the molecule is NC(=NO)c1ccc(C(O)C(O)CNC(=O)OCC2c3ccccc3-c3ccccc32)cc1. The average Bonchev–Trinajstić information content (AvgIpc) is 3.18. The minimum Gasteiger partial charge on any atom is -0.449 e. The Balaban J connectivity index is 1.32. The molecule has 0 saturated carbocycles. The van der Waals surface area contributed by atoms with Gasteiger partial charge in [-0.1, -0.05) is 78.0 Å². The molecule has 6 N–H and O–H groups in total. The van der Waals surface area contributed by atoms with Crippen molar-refractivity contribution in [3.05, 3.63) is 95.1 Å². The smallest absolute Gasteiger partial charge is 0.407 e. The summed E-state index contributed by atoms with van der Waals surface area (Å²) >= 11 is 0. The molecule has 8 nitrogen and oxygen atoms in total. The van der Waals surface area contributed by atoms with Gasteiger partial charge in [0.05, 0.1) is 0 Å². The van der Waals surface area contributed by atoms with Crippen molar-refractivity contribution in [3.8, 4) is 11.1 Å². The third-order valence-electron chi connectivity index (χ3n) is 5.82. The summed E-state index contributed by atoms with van der Waals surface area (Å²) in [6.45, 7) is -0.0341. The van der Waals surface area contributed by atoms with Gasteiger partial charge in [0.15, 0.2) is 5.84 Å². The molecule has 0 radical (unpaired) electrons. The molecule has 3 aromatic carbocycles. The zero-order valence-electron chi connectivity index (χ0n) is 17.8. The first-order valence-corrected chi connectivity index (χ1v) is 10.5. The van der Waals surface area contributed by atoms with Gasteiger partial charge in [0.25, 0.3) is 0 Å². The number of carbonyl (C=O) groups is 1. The van der Waals surface area contributed by atoms with Crippen LogP contribution in [0, 0.1) is 0 Å². The third kappa shape index (κ3) is 4.67. The summed E-state index contributed by atoms with van der Waals surface area (Å²) in [5.41, 5.74) is 10.9. The van der Waals surface area contributed by atoms with E-state index in [1.165, 1.54) is 0 Å². The topological polar surface area (TPSA) is 137 Å². The lowest BCUT2D eigenvalue weighted by Gasteiger charge is -2.19. The van der Waals surface area contributed by atoms with E-state index in [-0.39, 0.29) is 24.9 Å². The van der Waals surface area contributed by atoms with Crippen LogP contribution in [0.1, 0.15) is 34.3 Å². The Hall–Kier alpha value is -3.88. The van der Waals surface area contributed by atoms with Gasteiger partial charge in [-0.05, 0) is 27.8 Å². The van der Waals surface area contributed by atoms with Crippen LogP contribution in [0.3, 0.4) is 0 Å². The number of ether oxygens (including phenoxy) is 1. The maximum atomic E-state index is 12.3. The highest BCUT2D eigenvalue weighted by molar-refractivity contribution is 5.97. The van der Waals surface area contributed by atoms with Crippen molar-refractivity contribution in [2.24, 2.45) is 10.9 Å². The summed E-state index contributed by atoms with van der Waals surface area (Å²) in [4.78, 5) is 12.3. The van der Waals surface area contributed by atoms with E-state index >= 15 is 0 Å². The molecule has 0 saturated heterocycles. The van der Waals surface area contributed by atoms with Crippen LogP contribution in [0.4, 0.5) is 4.79 Å². The van der Waals surface area contributed by atoms with Crippen LogP contribution >= 0.6 is 0 Å². The molecule has 0 spiro atoms. The van der Waals surface area contributed by atoms with E-state index in [0.29, 0.717) is 11.1 Å². The first kappa shape index (κ1) is 22.3. The second-order valence-electron chi connectivity index (χ2n) is 7.83. The third-order valence-corrected chi connectivity index (χ3v) is 5.82. The number of carbonyl (C=O) groups excluding carboxylic acids is 1. The molecule has 4 rings (SSSR count).